The van der Waals surface area contributed by atoms with E-state index in [1.807, 2.05) is 25.1 Å². The smallest absolute Gasteiger partial charge is 0.258 e. The van der Waals surface area contributed by atoms with E-state index in [4.69, 9.17) is 9.47 Å². The second-order valence-corrected chi connectivity index (χ2v) is 5.46. The van der Waals surface area contributed by atoms with Gasteiger partial charge in [0.1, 0.15) is 11.5 Å². The number of rotatable bonds is 8. The summed E-state index contributed by atoms with van der Waals surface area (Å²) in [5.74, 6) is 1.30. The first-order chi connectivity index (χ1) is 11.2. The van der Waals surface area contributed by atoms with Gasteiger partial charge in [0, 0.05) is 6.04 Å². The molecular weight excluding hydrogens is 290 g/mol. The molecule has 0 aliphatic carbocycles. The molecule has 0 bridgehead atoms. The Hall–Kier alpha value is -2.49. The van der Waals surface area contributed by atoms with Gasteiger partial charge in [-0.2, -0.15) is 0 Å². The maximum atomic E-state index is 11.9. The Kier molecular flexibility index (Phi) is 6.48. The molecule has 0 unspecified atom stereocenters. The summed E-state index contributed by atoms with van der Waals surface area (Å²) in [4.78, 5) is 11.9. The van der Waals surface area contributed by atoms with E-state index in [1.165, 1.54) is 5.56 Å². The van der Waals surface area contributed by atoms with E-state index < -0.39 is 0 Å². The minimum Gasteiger partial charge on any atom is -0.497 e. The number of benzene rings is 2. The van der Waals surface area contributed by atoms with Gasteiger partial charge in [0.05, 0.1) is 7.11 Å². The van der Waals surface area contributed by atoms with Crippen LogP contribution in [-0.4, -0.2) is 25.7 Å². The van der Waals surface area contributed by atoms with Gasteiger partial charge < -0.3 is 14.8 Å². The van der Waals surface area contributed by atoms with Crippen LogP contribution in [0.15, 0.2) is 54.6 Å². The van der Waals surface area contributed by atoms with Crippen LogP contribution in [0.4, 0.5) is 0 Å². The average molecular weight is 313 g/mol. The molecule has 0 saturated carbocycles. The molecule has 0 spiro atoms. The third kappa shape index (κ3) is 6.02. The highest BCUT2D eigenvalue weighted by atomic mass is 16.5. The van der Waals surface area contributed by atoms with Gasteiger partial charge in [-0.1, -0.05) is 30.3 Å². The number of methoxy groups -OCH3 is 1. The number of carbonyl (C=O) groups is 1. The summed E-state index contributed by atoms with van der Waals surface area (Å²) in [6.45, 7) is 2.02. The Balaban J connectivity index is 1.69. The Morgan fingerprint density at radius 1 is 1.04 bits per heavy atom. The van der Waals surface area contributed by atoms with Crippen LogP contribution in [0.5, 0.6) is 11.5 Å². The second kappa shape index (κ2) is 8.83. The average Bonchev–Trinajstić information content (AvgIpc) is 2.59. The lowest BCUT2D eigenvalue weighted by Crippen LogP contribution is -2.36. The molecule has 1 N–H and O–H groups in total. The maximum absolute atomic E-state index is 11.9. The lowest BCUT2D eigenvalue weighted by molar-refractivity contribution is -0.123. The van der Waals surface area contributed by atoms with Crippen LogP contribution in [0.1, 0.15) is 18.9 Å². The van der Waals surface area contributed by atoms with Gasteiger partial charge in [-0.25, -0.2) is 0 Å². The van der Waals surface area contributed by atoms with Crippen LogP contribution in [-0.2, 0) is 11.2 Å². The summed E-state index contributed by atoms with van der Waals surface area (Å²) >= 11 is 0. The molecule has 0 aliphatic rings. The first kappa shape index (κ1) is 16.9. The zero-order valence-corrected chi connectivity index (χ0v) is 13.6. The van der Waals surface area contributed by atoms with Crippen LogP contribution < -0.4 is 14.8 Å². The lowest BCUT2D eigenvalue weighted by Gasteiger charge is -2.14. The van der Waals surface area contributed by atoms with Crippen molar-refractivity contribution in [3.63, 3.8) is 0 Å². The molecule has 2 aromatic rings. The van der Waals surface area contributed by atoms with Crippen molar-refractivity contribution in [2.24, 2.45) is 0 Å². The van der Waals surface area contributed by atoms with Crippen molar-refractivity contribution in [2.75, 3.05) is 13.7 Å². The van der Waals surface area contributed by atoms with Gasteiger partial charge in [0.25, 0.3) is 5.91 Å². The van der Waals surface area contributed by atoms with E-state index in [0.717, 1.165) is 18.6 Å². The van der Waals surface area contributed by atoms with E-state index in [2.05, 4.69) is 17.4 Å². The van der Waals surface area contributed by atoms with Crippen LogP contribution in [0.3, 0.4) is 0 Å². The van der Waals surface area contributed by atoms with E-state index in [-0.39, 0.29) is 18.6 Å². The number of nitrogens with one attached hydrogen (secondary N) is 1. The molecule has 1 atom stereocenters. The molecule has 4 heteroatoms. The maximum Gasteiger partial charge on any atom is 0.258 e. The Bertz CT molecular complexity index is 596. The number of aryl methyl sites for hydroxylation is 1. The molecule has 0 fully saturated rings. The predicted octanol–water partition coefficient (Wildman–Crippen LogP) is 3.21. The zero-order valence-electron chi connectivity index (χ0n) is 13.6. The fraction of sp³-hybridized carbons (Fsp3) is 0.316. The Labute approximate surface area is 137 Å². The summed E-state index contributed by atoms with van der Waals surface area (Å²) in [7, 11) is 1.61. The summed E-state index contributed by atoms with van der Waals surface area (Å²) in [6.07, 6.45) is 1.85. The quantitative estimate of drug-likeness (QED) is 0.814. The van der Waals surface area contributed by atoms with Crippen molar-refractivity contribution < 1.29 is 14.3 Å². The minimum atomic E-state index is -0.110. The van der Waals surface area contributed by atoms with Crippen LogP contribution in [0.25, 0.3) is 0 Å². The van der Waals surface area contributed by atoms with Crippen LogP contribution in [0, 0.1) is 0 Å². The van der Waals surface area contributed by atoms with Gasteiger partial charge in [0.2, 0.25) is 0 Å². The van der Waals surface area contributed by atoms with Crippen molar-refractivity contribution in [2.45, 2.75) is 25.8 Å². The van der Waals surface area contributed by atoms with Crippen LogP contribution in [0.2, 0.25) is 0 Å². The van der Waals surface area contributed by atoms with Crippen molar-refractivity contribution >= 4 is 5.91 Å². The van der Waals surface area contributed by atoms with E-state index in [0.29, 0.717) is 5.75 Å². The van der Waals surface area contributed by atoms with Crippen molar-refractivity contribution in [3.05, 3.63) is 60.2 Å². The lowest BCUT2D eigenvalue weighted by atomic mass is 10.1. The highest BCUT2D eigenvalue weighted by Gasteiger charge is 2.08. The molecule has 0 radical (unpaired) electrons. The highest BCUT2D eigenvalue weighted by molar-refractivity contribution is 5.77. The second-order valence-electron chi connectivity index (χ2n) is 5.46. The van der Waals surface area contributed by atoms with Crippen LogP contribution >= 0.6 is 0 Å². The molecule has 0 aliphatic heterocycles. The number of hydrogen-bond acceptors (Lipinski definition) is 3. The molecule has 122 valence electrons. The molecule has 0 saturated heterocycles. The Morgan fingerprint density at radius 2 is 1.70 bits per heavy atom. The molecule has 2 rings (SSSR count). The van der Waals surface area contributed by atoms with Gasteiger partial charge in [-0.3, -0.25) is 4.79 Å². The van der Waals surface area contributed by atoms with E-state index in [9.17, 15) is 4.79 Å². The monoisotopic (exact) mass is 313 g/mol. The predicted molar refractivity (Wildman–Crippen MR) is 90.9 cm³/mol. The van der Waals surface area contributed by atoms with Gasteiger partial charge in [0.15, 0.2) is 6.61 Å². The minimum absolute atomic E-state index is 0.0159. The summed E-state index contributed by atoms with van der Waals surface area (Å²) in [6, 6.07) is 17.5. The molecule has 1 amide bonds. The molecule has 4 nitrogen and oxygen atoms in total. The molecule has 23 heavy (non-hydrogen) atoms. The van der Waals surface area contributed by atoms with Gasteiger partial charge in [-0.15, -0.1) is 0 Å². The largest absolute Gasteiger partial charge is 0.497 e. The van der Waals surface area contributed by atoms with Crippen molar-refractivity contribution in [3.8, 4) is 11.5 Å². The summed E-state index contributed by atoms with van der Waals surface area (Å²) < 4.78 is 10.5. The summed E-state index contributed by atoms with van der Waals surface area (Å²) in [5.41, 5.74) is 1.28. The number of carbonyl (C=O) groups excluding carboxylic acids is 1. The molecule has 0 heterocycles. The third-order valence-corrected chi connectivity index (χ3v) is 3.55. The molecule has 0 aromatic heterocycles. The summed E-state index contributed by atoms with van der Waals surface area (Å²) in [5, 5.41) is 2.95. The van der Waals surface area contributed by atoms with E-state index in [1.54, 1.807) is 31.4 Å². The zero-order chi connectivity index (χ0) is 16.5. The normalized spacial score (nSPS) is 11.6. The van der Waals surface area contributed by atoms with E-state index >= 15 is 0 Å². The van der Waals surface area contributed by atoms with Gasteiger partial charge in [-0.05, 0) is 49.6 Å². The SMILES string of the molecule is COc1ccc(OCC(=O)N[C@H](C)CCc2ccccc2)cc1. The molecule has 2 aromatic carbocycles. The Morgan fingerprint density at radius 3 is 2.35 bits per heavy atom. The fourth-order valence-electron chi connectivity index (χ4n) is 2.24. The fourth-order valence-corrected chi connectivity index (χ4v) is 2.24. The van der Waals surface area contributed by atoms with Crippen molar-refractivity contribution in [1.29, 1.82) is 0 Å². The highest BCUT2D eigenvalue weighted by Crippen LogP contribution is 2.16. The first-order valence-electron chi connectivity index (χ1n) is 7.77. The van der Waals surface area contributed by atoms with Crippen molar-refractivity contribution in [1.82, 2.24) is 5.32 Å². The van der Waals surface area contributed by atoms with Gasteiger partial charge >= 0.3 is 0 Å². The third-order valence-electron chi connectivity index (χ3n) is 3.55. The number of ether oxygens (including phenoxy) is 2. The standard InChI is InChI=1S/C19H23NO3/c1-15(8-9-16-6-4-3-5-7-16)20-19(21)14-23-18-12-10-17(22-2)11-13-18/h3-7,10-13,15H,8-9,14H2,1-2H3,(H,20,21)/t15-/m1/s1. The number of amides is 1. The molecular formula is C19H23NO3. The topological polar surface area (TPSA) is 47.6 Å². The number of hydrogen-bond donors (Lipinski definition) is 1. The first-order valence-corrected chi connectivity index (χ1v) is 7.77.